The Kier molecular flexibility index (Phi) is 9.80. The van der Waals surface area contributed by atoms with Crippen molar-refractivity contribution in [3.8, 4) is 11.1 Å². The van der Waals surface area contributed by atoms with Crippen LogP contribution in [0.5, 0.6) is 0 Å². The summed E-state index contributed by atoms with van der Waals surface area (Å²) in [5.41, 5.74) is 21.1. The molecule has 9 aromatic rings. The Morgan fingerprint density at radius 3 is 1.59 bits per heavy atom. The Bertz CT molecular complexity index is 3460. The molecule has 0 saturated heterocycles. The van der Waals surface area contributed by atoms with E-state index in [1.165, 1.54) is 71.9 Å². The van der Waals surface area contributed by atoms with E-state index >= 15 is 0 Å². The fraction of sp³-hybridized carbons (Fsp3) is 0.312. The minimum Gasteiger partial charge on any atom is -0.466 e. The molecule has 7 aromatic carbocycles. The molecule has 4 heterocycles. The van der Waals surface area contributed by atoms with Crippen LogP contribution in [0.2, 0.25) is 0 Å². The van der Waals surface area contributed by atoms with E-state index < -0.39 is 0 Å². The summed E-state index contributed by atoms with van der Waals surface area (Å²) in [7, 11) is 0. The highest BCUT2D eigenvalue weighted by Gasteiger charge is 2.48. The Hall–Kier alpha value is -6.46. The lowest BCUT2D eigenvalue weighted by atomic mass is 9.47. The molecule has 0 N–H and O–H groups in total. The van der Waals surface area contributed by atoms with E-state index in [0.717, 1.165) is 45.1 Å². The van der Waals surface area contributed by atoms with Crippen LogP contribution in [0, 0.1) is 0 Å². The maximum atomic E-state index is 7.78. The Morgan fingerprint density at radius 2 is 1.03 bits per heavy atom. The molecule has 2 aliphatic rings. The van der Waals surface area contributed by atoms with E-state index in [-0.39, 0.29) is 33.9 Å². The molecule has 348 valence electrons. The van der Waals surface area contributed by atoms with Crippen molar-refractivity contribution in [3.05, 3.63) is 167 Å². The number of hydrogen-bond donors (Lipinski definition) is 0. The Balaban J connectivity index is 1.35. The van der Waals surface area contributed by atoms with Gasteiger partial charge in [0.1, 0.15) is 11.2 Å². The van der Waals surface area contributed by atoms with Gasteiger partial charge in [0.2, 0.25) is 0 Å². The SMILES string of the molecule is CC(C)(C)c1ccc(N2c3cc(C(C)(C)C)cc4c3B(c3oc5c(C(C)(C)C)cc(C(C)(C)C)cc5c32)n2c3ccc(C(C)(C)C)cc3c3c(N(c5ccccc5)c5ccccc5)ccc-4c32)cc1. The number of furan rings is 1. The van der Waals surface area contributed by atoms with Gasteiger partial charge in [-0.3, -0.25) is 0 Å². The largest absolute Gasteiger partial charge is 0.466 e. The first kappa shape index (κ1) is 45.0. The molecule has 0 amide bonds. The quantitative estimate of drug-likeness (QED) is 0.165. The lowest BCUT2D eigenvalue weighted by Gasteiger charge is -2.40. The van der Waals surface area contributed by atoms with Crippen molar-refractivity contribution in [2.75, 3.05) is 9.80 Å². The van der Waals surface area contributed by atoms with Crippen LogP contribution < -0.4 is 20.9 Å². The van der Waals surface area contributed by atoms with Gasteiger partial charge in [0.25, 0.3) is 0 Å². The van der Waals surface area contributed by atoms with Crippen molar-refractivity contribution in [1.82, 2.24) is 4.48 Å². The van der Waals surface area contributed by atoms with Gasteiger partial charge in [-0.2, -0.15) is 0 Å². The van der Waals surface area contributed by atoms with E-state index in [1.807, 2.05) is 0 Å². The maximum Gasteiger partial charge on any atom is 0.375 e. The van der Waals surface area contributed by atoms with Gasteiger partial charge in [-0.25, -0.2) is 0 Å². The number of anilines is 6. The average Bonchev–Trinajstić information content (AvgIpc) is 3.84. The van der Waals surface area contributed by atoms with Crippen molar-refractivity contribution >= 4 is 84.9 Å². The second-order valence-electron chi connectivity index (χ2n) is 25.2. The summed E-state index contributed by atoms with van der Waals surface area (Å²) >= 11 is 0. The van der Waals surface area contributed by atoms with Crippen LogP contribution in [0.4, 0.5) is 34.1 Å². The Morgan fingerprint density at radius 1 is 0.478 bits per heavy atom. The number of hydrogen-bond acceptors (Lipinski definition) is 3. The van der Waals surface area contributed by atoms with Gasteiger partial charge in [0.05, 0.1) is 11.4 Å². The summed E-state index contributed by atoms with van der Waals surface area (Å²) in [5.74, 6) is 0. The van der Waals surface area contributed by atoms with Gasteiger partial charge in [-0.1, -0.05) is 177 Å². The lowest BCUT2D eigenvalue weighted by Crippen LogP contribution is -2.56. The summed E-state index contributed by atoms with van der Waals surface area (Å²) < 4.78 is 10.5. The number of fused-ring (bicyclic) bond motifs is 9. The van der Waals surface area contributed by atoms with Gasteiger partial charge in [-0.15, -0.1) is 0 Å². The van der Waals surface area contributed by atoms with E-state index in [0.29, 0.717) is 0 Å². The normalized spacial score (nSPS) is 14.0. The van der Waals surface area contributed by atoms with Crippen molar-refractivity contribution in [1.29, 1.82) is 0 Å². The average molecular weight is 906 g/mol. The molecular formula is C64H68BN3O. The number of nitrogens with zero attached hydrogens (tertiary/aromatic N) is 3. The fourth-order valence-corrected chi connectivity index (χ4v) is 11.1. The van der Waals surface area contributed by atoms with Crippen LogP contribution in [0.25, 0.3) is 43.9 Å². The molecule has 0 aliphatic carbocycles. The molecule has 69 heavy (non-hydrogen) atoms. The zero-order valence-electron chi connectivity index (χ0n) is 43.6. The standard InChI is InChI=1S/C64H68BN3O/c1-60(2,3)39-26-29-45(30-27-39)67-53-38-42(63(10,11)12)35-47-46-31-33-52(66(43-22-18-16-19-23-43)44-24-20-17-21-25-44)54-48-34-40(61(4,5)6)28-32-51(48)68(56(46)54)65(55(47)53)59-57(67)49-36-41(62(7,8)9)37-50(58(49)69-59)64(13,14)15/h16-38H,1-15H3. The molecule has 0 atom stereocenters. The molecule has 0 spiro atoms. The van der Waals surface area contributed by atoms with E-state index in [9.17, 15) is 0 Å². The van der Waals surface area contributed by atoms with Crippen molar-refractivity contribution < 1.29 is 4.42 Å². The van der Waals surface area contributed by atoms with Crippen LogP contribution in [0.1, 0.15) is 132 Å². The summed E-state index contributed by atoms with van der Waals surface area (Å²) in [6.45, 7) is 34.7. The van der Waals surface area contributed by atoms with E-state index in [1.54, 1.807) is 0 Å². The highest BCUT2D eigenvalue weighted by molar-refractivity contribution is 6.89. The highest BCUT2D eigenvalue weighted by atomic mass is 16.3. The minimum atomic E-state index is -0.257. The van der Waals surface area contributed by atoms with Gasteiger partial charge < -0.3 is 18.7 Å². The van der Waals surface area contributed by atoms with Gasteiger partial charge >= 0.3 is 6.85 Å². The topological polar surface area (TPSA) is 24.6 Å². The van der Waals surface area contributed by atoms with Gasteiger partial charge in [-0.05, 0) is 127 Å². The molecule has 0 saturated carbocycles. The number of para-hydroxylation sites is 2. The summed E-state index contributed by atoms with van der Waals surface area (Å²) in [5, 5.41) is 3.66. The molecule has 0 bridgehead atoms. The first-order valence-corrected chi connectivity index (χ1v) is 25.1. The summed E-state index contributed by atoms with van der Waals surface area (Å²) in [6.07, 6.45) is 0. The van der Waals surface area contributed by atoms with Crippen LogP contribution in [-0.2, 0) is 27.1 Å². The van der Waals surface area contributed by atoms with Crippen LogP contribution >= 0.6 is 0 Å². The highest BCUT2D eigenvalue weighted by Crippen LogP contribution is 2.53. The predicted octanol–water partition coefficient (Wildman–Crippen LogP) is 16.9. The van der Waals surface area contributed by atoms with E-state index in [4.69, 9.17) is 4.42 Å². The molecule has 0 radical (unpaired) electrons. The van der Waals surface area contributed by atoms with Gasteiger partial charge in [0, 0.05) is 61.1 Å². The van der Waals surface area contributed by atoms with Crippen LogP contribution in [0.15, 0.2) is 144 Å². The fourth-order valence-electron chi connectivity index (χ4n) is 11.1. The minimum absolute atomic E-state index is 0.0143. The second kappa shape index (κ2) is 15.0. The van der Waals surface area contributed by atoms with Crippen molar-refractivity contribution in [2.24, 2.45) is 0 Å². The molecule has 11 rings (SSSR count). The molecule has 4 nitrogen and oxygen atoms in total. The zero-order chi connectivity index (χ0) is 48.9. The second-order valence-corrected chi connectivity index (χ2v) is 25.2. The van der Waals surface area contributed by atoms with Crippen LogP contribution in [0.3, 0.4) is 0 Å². The lowest BCUT2D eigenvalue weighted by molar-refractivity contribution is 0.557. The third kappa shape index (κ3) is 7.08. The first-order chi connectivity index (χ1) is 32.4. The number of benzene rings is 7. The first-order valence-electron chi connectivity index (χ1n) is 25.1. The summed E-state index contributed by atoms with van der Waals surface area (Å²) in [6, 6.07) is 53.1. The molecule has 0 unspecified atom stereocenters. The molecule has 0 fully saturated rings. The molecular weight excluding hydrogens is 838 g/mol. The smallest absolute Gasteiger partial charge is 0.375 e. The third-order valence-corrected chi connectivity index (χ3v) is 15.1. The monoisotopic (exact) mass is 906 g/mol. The predicted molar refractivity (Wildman–Crippen MR) is 298 cm³/mol. The third-order valence-electron chi connectivity index (χ3n) is 15.1. The zero-order valence-corrected chi connectivity index (χ0v) is 43.6. The van der Waals surface area contributed by atoms with Crippen molar-refractivity contribution in [2.45, 2.75) is 131 Å². The Labute approximate surface area is 411 Å². The molecule has 5 heteroatoms. The number of rotatable bonds is 4. The van der Waals surface area contributed by atoms with Crippen LogP contribution in [-0.4, -0.2) is 11.3 Å². The molecule has 2 aromatic heterocycles. The number of aromatic nitrogens is 1. The van der Waals surface area contributed by atoms with Crippen molar-refractivity contribution in [3.63, 3.8) is 0 Å². The maximum absolute atomic E-state index is 7.78. The van der Waals surface area contributed by atoms with E-state index in [2.05, 4.69) is 258 Å². The van der Waals surface area contributed by atoms with Gasteiger partial charge in [0.15, 0.2) is 0 Å². The molecule has 2 aliphatic heterocycles. The summed E-state index contributed by atoms with van der Waals surface area (Å²) in [4.78, 5) is 5.03.